The van der Waals surface area contributed by atoms with Gasteiger partial charge in [-0.2, -0.15) is 0 Å². The molecular formula is C25H21NO4. The summed E-state index contributed by atoms with van der Waals surface area (Å²) in [7, 11) is 1.53. The van der Waals surface area contributed by atoms with Gasteiger partial charge in [-0.3, -0.25) is 14.5 Å². The number of benzene rings is 3. The van der Waals surface area contributed by atoms with Crippen LogP contribution in [0, 0.1) is 6.92 Å². The van der Waals surface area contributed by atoms with Gasteiger partial charge >= 0.3 is 0 Å². The smallest absolute Gasteiger partial charge is 0.300 e. The Labute approximate surface area is 174 Å². The Hall–Kier alpha value is -3.86. The summed E-state index contributed by atoms with van der Waals surface area (Å²) in [6.07, 6.45) is 0. The molecule has 150 valence electrons. The summed E-state index contributed by atoms with van der Waals surface area (Å²) < 4.78 is 5.24. The summed E-state index contributed by atoms with van der Waals surface area (Å²) in [6, 6.07) is 22.6. The van der Waals surface area contributed by atoms with Gasteiger partial charge in [0.25, 0.3) is 11.7 Å². The molecule has 1 unspecified atom stereocenters. The maximum Gasteiger partial charge on any atom is 0.300 e. The Morgan fingerprint density at radius 3 is 2.33 bits per heavy atom. The van der Waals surface area contributed by atoms with Gasteiger partial charge in [0.2, 0.25) is 0 Å². The number of para-hydroxylation sites is 1. The Kier molecular flexibility index (Phi) is 5.11. The van der Waals surface area contributed by atoms with Crippen molar-refractivity contribution in [3.05, 3.63) is 101 Å². The number of aryl methyl sites for hydroxylation is 1. The maximum absolute atomic E-state index is 13.1. The van der Waals surface area contributed by atoms with Crippen molar-refractivity contribution in [2.24, 2.45) is 0 Å². The molecule has 5 nitrogen and oxygen atoms in total. The largest absolute Gasteiger partial charge is 0.507 e. The average Bonchev–Trinajstić information content (AvgIpc) is 3.04. The number of Topliss-reactive ketones (excluding diaryl/α,β-unsaturated/α-hetero) is 1. The van der Waals surface area contributed by atoms with E-state index in [2.05, 4.69) is 0 Å². The van der Waals surface area contributed by atoms with Gasteiger partial charge in [0.05, 0.1) is 18.7 Å². The van der Waals surface area contributed by atoms with Crippen LogP contribution in [0.2, 0.25) is 0 Å². The van der Waals surface area contributed by atoms with E-state index in [1.54, 1.807) is 36.4 Å². The highest BCUT2D eigenvalue weighted by atomic mass is 16.5. The summed E-state index contributed by atoms with van der Waals surface area (Å²) in [5.74, 6) is -1.06. The van der Waals surface area contributed by atoms with E-state index in [4.69, 9.17) is 4.74 Å². The molecule has 0 aromatic heterocycles. The van der Waals surface area contributed by atoms with Crippen LogP contribution in [0.25, 0.3) is 5.76 Å². The number of methoxy groups -OCH3 is 1. The fraction of sp³-hybridized carbons (Fsp3) is 0.120. The number of anilines is 1. The van der Waals surface area contributed by atoms with Gasteiger partial charge < -0.3 is 9.84 Å². The molecule has 1 fully saturated rings. The summed E-state index contributed by atoms with van der Waals surface area (Å²) in [5.41, 5.74) is 2.77. The number of aliphatic hydroxyl groups is 1. The van der Waals surface area contributed by atoms with E-state index in [0.717, 1.165) is 11.1 Å². The Morgan fingerprint density at radius 1 is 0.933 bits per heavy atom. The van der Waals surface area contributed by atoms with Crippen LogP contribution in [0.4, 0.5) is 5.69 Å². The van der Waals surface area contributed by atoms with E-state index >= 15 is 0 Å². The first-order valence-electron chi connectivity index (χ1n) is 9.59. The third-order valence-corrected chi connectivity index (χ3v) is 5.31. The predicted octanol–water partition coefficient (Wildman–Crippen LogP) is 4.63. The second kappa shape index (κ2) is 7.87. The molecule has 1 saturated heterocycles. The molecule has 1 aliphatic rings. The number of carbonyl (C=O) groups excluding carboxylic acids is 2. The lowest BCUT2D eigenvalue weighted by atomic mass is 9.92. The van der Waals surface area contributed by atoms with Gasteiger partial charge in [-0.25, -0.2) is 0 Å². The molecule has 0 saturated carbocycles. The highest BCUT2D eigenvalue weighted by Crippen LogP contribution is 2.43. The minimum Gasteiger partial charge on any atom is -0.507 e. The lowest BCUT2D eigenvalue weighted by molar-refractivity contribution is -0.132. The summed E-state index contributed by atoms with van der Waals surface area (Å²) in [4.78, 5) is 27.6. The van der Waals surface area contributed by atoms with Gasteiger partial charge in [-0.15, -0.1) is 0 Å². The molecule has 3 aromatic rings. The molecular weight excluding hydrogens is 378 g/mol. The van der Waals surface area contributed by atoms with E-state index < -0.39 is 17.7 Å². The van der Waals surface area contributed by atoms with Gasteiger partial charge in [-0.05, 0) is 42.3 Å². The SMILES string of the molecule is COc1cccc(/C(O)=C2\C(=O)C(=O)N(c3ccccc3)C2c2ccccc2C)c1. The Morgan fingerprint density at radius 2 is 1.63 bits per heavy atom. The zero-order valence-corrected chi connectivity index (χ0v) is 16.7. The number of ketones is 1. The summed E-state index contributed by atoms with van der Waals surface area (Å²) >= 11 is 0. The number of rotatable bonds is 4. The van der Waals surface area contributed by atoms with Crippen LogP contribution in [-0.4, -0.2) is 23.9 Å². The van der Waals surface area contributed by atoms with Crippen LogP contribution in [0.5, 0.6) is 5.75 Å². The van der Waals surface area contributed by atoms with Crippen LogP contribution in [-0.2, 0) is 9.59 Å². The van der Waals surface area contributed by atoms with Crippen molar-refractivity contribution in [2.45, 2.75) is 13.0 Å². The number of hydrogen-bond donors (Lipinski definition) is 1. The first-order chi connectivity index (χ1) is 14.5. The van der Waals surface area contributed by atoms with Gasteiger partial charge in [0.1, 0.15) is 11.5 Å². The summed E-state index contributed by atoms with van der Waals surface area (Å²) in [5, 5.41) is 11.1. The van der Waals surface area contributed by atoms with Gasteiger partial charge in [-0.1, -0.05) is 54.6 Å². The molecule has 3 aromatic carbocycles. The monoisotopic (exact) mass is 399 g/mol. The lowest BCUT2D eigenvalue weighted by Gasteiger charge is -2.26. The van der Waals surface area contributed by atoms with Crippen LogP contribution >= 0.6 is 0 Å². The van der Waals surface area contributed by atoms with Gasteiger partial charge in [0.15, 0.2) is 0 Å². The van der Waals surface area contributed by atoms with E-state index in [1.807, 2.05) is 49.4 Å². The molecule has 1 heterocycles. The Balaban J connectivity index is 1.97. The van der Waals surface area contributed by atoms with Gasteiger partial charge in [0, 0.05) is 11.3 Å². The van der Waals surface area contributed by atoms with Crippen LogP contribution in [0.1, 0.15) is 22.7 Å². The molecule has 1 amide bonds. The molecule has 30 heavy (non-hydrogen) atoms. The summed E-state index contributed by atoms with van der Waals surface area (Å²) in [6.45, 7) is 1.92. The molecule has 1 aliphatic heterocycles. The minimum absolute atomic E-state index is 0.0615. The van der Waals surface area contributed by atoms with E-state index in [-0.39, 0.29) is 11.3 Å². The maximum atomic E-state index is 13.1. The highest BCUT2D eigenvalue weighted by molar-refractivity contribution is 6.51. The normalized spacial score (nSPS) is 17.9. The van der Waals surface area contributed by atoms with Crippen LogP contribution < -0.4 is 9.64 Å². The third kappa shape index (κ3) is 3.24. The number of ether oxygens (including phenoxy) is 1. The fourth-order valence-electron chi connectivity index (χ4n) is 3.80. The van der Waals surface area contributed by atoms with Crippen molar-refractivity contribution in [1.82, 2.24) is 0 Å². The topological polar surface area (TPSA) is 66.8 Å². The third-order valence-electron chi connectivity index (χ3n) is 5.31. The average molecular weight is 399 g/mol. The molecule has 0 aliphatic carbocycles. The molecule has 0 bridgehead atoms. The molecule has 4 rings (SSSR count). The fourth-order valence-corrected chi connectivity index (χ4v) is 3.80. The first kappa shape index (κ1) is 19.5. The van der Waals surface area contributed by atoms with Crippen molar-refractivity contribution in [3.8, 4) is 5.75 Å². The second-order valence-electron chi connectivity index (χ2n) is 7.09. The number of nitrogens with zero attached hydrogens (tertiary/aromatic N) is 1. The molecule has 1 N–H and O–H groups in total. The molecule has 0 spiro atoms. The molecule has 5 heteroatoms. The van der Waals surface area contributed by atoms with E-state index in [0.29, 0.717) is 17.0 Å². The van der Waals surface area contributed by atoms with E-state index in [1.165, 1.54) is 12.0 Å². The van der Waals surface area contributed by atoms with Crippen LogP contribution in [0.15, 0.2) is 84.4 Å². The first-order valence-corrected chi connectivity index (χ1v) is 9.59. The zero-order valence-electron chi connectivity index (χ0n) is 16.7. The second-order valence-corrected chi connectivity index (χ2v) is 7.09. The molecule has 0 radical (unpaired) electrons. The zero-order chi connectivity index (χ0) is 21.3. The number of hydrogen-bond acceptors (Lipinski definition) is 4. The Bertz CT molecular complexity index is 1150. The van der Waals surface area contributed by atoms with Crippen molar-refractivity contribution >= 4 is 23.1 Å². The predicted molar refractivity (Wildman–Crippen MR) is 115 cm³/mol. The highest BCUT2D eigenvalue weighted by Gasteiger charge is 2.47. The van der Waals surface area contributed by atoms with E-state index in [9.17, 15) is 14.7 Å². The van der Waals surface area contributed by atoms with Crippen molar-refractivity contribution < 1.29 is 19.4 Å². The minimum atomic E-state index is -0.736. The number of amides is 1. The molecule has 1 atom stereocenters. The number of aliphatic hydroxyl groups excluding tert-OH is 1. The van der Waals surface area contributed by atoms with Crippen LogP contribution in [0.3, 0.4) is 0 Å². The number of carbonyl (C=O) groups is 2. The van der Waals surface area contributed by atoms with Crippen molar-refractivity contribution in [3.63, 3.8) is 0 Å². The van der Waals surface area contributed by atoms with Crippen molar-refractivity contribution in [2.75, 3.05) is 12.0 Å². The van der Waals surface area contributed by atoms with Crippen molar-refractivity contribution in [1.29, 1.82) is 0 Å². The quantitative estimate of drug-likeness (QED) is 0.395. The lowest BCUT2D eigenvalue weighted by Crippen LogP contribution is -2.29. The standard InChI is InChI=1S/C25H21NO4/c1-16-9-6-7-14-20(16)22-21(23(27)17-10-8-13-19(15-17)30-2)24(28)25(29)26(22)18-11-4-3-5-12-18/h3-15,22,27H,1-2H3/b23-21+.